The highest BCUT2D eigenvalue weighted by molar-refractivity contribution is 6.36. The predicted octanol–water partition coefficient (Wildman–Crippen LogP) is 4.70. The fraction of sp³-hybridized carbons (Fsp3) is 0.278. The Morgan fingerprint density at radius 1 is 1.12 bits per heavy atom. The van der Waals surface area contributed by atoms with E-state index in [0.717, 1.165) is 5.56 Å². The molecule has 25 heavy (non-hydrogen) atoms. The Morgan fingerprint density at radius 2 is 1.76 bits per heavy atom. The molecule has 1 amide bonds. The van der Waals surface area contributed by atoms with Crippen molar-refractivity contribution in [3.8, 4) is 0 Å². The van der Waals surface area contributed by atoms with Crippen molar-refractivity contribution in [3.63, 3.8) is 0 Å². The monoisotopic (exact) mass is 380 g/mol. The van der Waals surface area contributed by atoms with E-state index in [-0.39, 0.29) is 10.8 Å². The van der Waals surface area contributed by atoms with Gasteiger partial charge in [0, 0.05) is 6.20 Å². The number of rotatable bonds is 5. The number of carbonyl (C=O) groups is 2. The van der Waals surface area contributed by atoms with Crippen LogP contribution >= 0.6 is 23.2 Å². The van der Waals surface area contributed by atoms with Crippen molar-refractivity contribution in [2.24, 2.45) is 0 Å². The Hall–Kier alpha value is -2.11. The number of amides is 1. The number of aromatic nitrogens is 1. The van der Waals surface area contributed by atoms with Gasteiger partial charge in [0.2, 0.25) is 0 Å². The van der Waals surface area contributed by atoms with Crippen LogP contribution in [-0.4, -0.2) is 23.0 Å². The second kappa shape index (κ2) is 8.32. The maximum absolute atomic E-state index is 12.1. The number of nitrogens with one attached hydrogen (secondary N) is 1. The standard InChI is InChI=1S/C18H18Cl2N2O3/c1-10(2)12-4-6-13(7-5-12)18(24)25-11(3)17(23)22-16-15(20)8-14(19)9-21-16/h4-11H,1-3H3,(H,21,22,23)/t11-/m1/s1. The summed E-state index contributed by atoms with van der Waals surface area (Å²) in [4.78, 5) is 28.2. The Bertz CT molecular complexity index is 776. The van der Waals surface area contributed by atoms with Crippen molar-refractivity contribution in [3.05, 3.63) is 57.7 Å². The molecule has 0 saturated heterocycles. The molecule has 0 aliphatic heterocycles. The van der Waals surface area contributed by atoms with Crippen LogP contribution in [0.4, 0.5) is 5.82 Å². The molecule has 0 bridgehead atoms. The van der Waals surface area contributed by atoms with Gasteiger partial charge < -0.3 is 10.1 Å². The lowest BCUT2D eigenvalue weighted by Gasteiger charge is -2.14. The van der Waals surface area contributed by atoms with Gasteiger partial charge in [-0.3, -0.25) is 4.79 Å². The minimum atomic E-state index is -1.01. The van der Waals surface area contributed by atoms with Crippen LogP contribution in [0, 0.1) is 0 Å². The Labute approximate surface area is 156 Å². The number of benzene rings is 1. The normalized spacial score (nSPS) is 11.9. The van der Waals surface area contributed by atoms with E-state index in [1.54, 1.807) is 12.1 Å². The molecular weight excluding hydrogens is 363 g/mol. The van der Waals surface area contributed by atoms with E-state index in [0.29, 0.717) is 16.5 Å². The Kier molecular flexibility index (Phi) is 6.39. The number of anilines is 1. The molecular formula is C18H18Cl2N2O3. The van der Waals surface area contributed by atoms with E-state index in [4.69, 9.17) is 27.9 Å². The largest absolute Gasteiger partial charge is 0.449 e. The number of esters is 1. The van der Waals surface area contributed by atoms with Gasteiger partial charge in [0.15, 0.2) is 11.9 Å². The van der Waals surface area contributed by atoms with Crippen molar-refractivity contribution < 1.29 is 14.3 Å². The predicted molar refractivity (Wildman–Crippen MR) is 98.3 cm³/mol. The molecule has 1 aromatic carbocycles. The van der Waals surface area contributed by atoms with E-state index in [2.05, 4.69) is 24.1 Å². The molecule has 132 valence electrons. The van der Waals surface area contributed by atoms with Crippen LogP contribution in [0.15, 0.2) is 36.5 Å². The van der Waals surface area contributed by atoms with Gasteiger partial charge in [-0.15, -0.1) is 0 Å². The first-order chi connectivity index (χ1) is 11.8. The van der Waals surface area contributed by atoms with Crippen LogP contribution in [0.1, 0.15) is 42.6 Å². The van der Waals surface area contributed by atoms with Crippen molar-refractivity contribution in [2.75, 3.05) is 5.32 Å². The SMILES string of the molecule is CC(C)c1ccc(C(=O)O[C@H](C)C(=O)Nc2ncc(Cl)cc2Cl)cc1. The molecule has 1 heterocycles. The fourth-order valence-electron chi connectivity index (χ4n) is 2.01. The summed E-state index contributed by atoms with van der Waals surface area (Å²) in [6, 6.07) is 8.55. The first-order valence-electron chi connectivity index (χ1n) is 7.70. The van der Waals surface area contributed by atoms with Crippen LogP contribution in [-0.2, 0) is 9.53 Å². The van der Waals surface area contributed by atoms with Gasteiger partial charge in [0.05, 0.1) is 15.6 Å². The summed E-state index contributed by atoms with van der Waals surface area (Å²) in [5, 5.41) is 3.05. The van der Waals surface area contributed by atoms with Crippen molar-refractivity contribution >= 4 is 40.9 Å². The van der Waals surface area contributed by atoms with E-state index >= 15 is 0 Å². The van der Waals surface area contributed by atoms with Crippen LogP contribution in [0.3, 0.4) is 0 Å². The third-order valence-corrected chi connectivity index (χ3v) is 4.01. The summed E-state index contributed by atoms with van der Waals surface area (Å²) >= 11 is 11.7. The third-order valence-electron chi connectivity index (χ3n) is 3.52. The van der Waals surface area contributed by atoms with Crippen molar-refractivity contribution in [2.45, 2.75) is 32.8 Å². The van der Waals surface area contributed by atoms with Crippen LogP contribution in [0.25, 0.3) is 0 Å². The molecule has 0 aliphatic rings. The lowest BCUT2D eigenvalue weighted by atomic mass is 10.0. The summed E-state index contributed by atoms with van der Waals surface area (Å²) in [6.45, 7) is 5.60. The number of hydrogen-bond donors (Lipinski definition) is 1. The van der Waals surface area contributed by atoms with E-state index in [1.165, 1.54) is 19.2 Å². The summed E-state index contributed by atoms with van der Waals surface area (Å²) in [7, 11) is 0. The lowest BCUT2D eigenvalue weighted by Crippen LogP contribution is -2.30. The highest BCUT2D eigenvalue weighted by Gasteiger charge is 2.20. The molecule has 0 saturated carbocycles. The Morgan fingerprint density at radius 3 is 2.32 bits per heavy atom. The van der Waals surface area contributed by atoms with Gasteiger partial charge >= 0.3 is 5.97 Å². The zero-order valence-corrected chi connectivity index (χ0v) is 15.6. The van der Waals surface area contributed by atoms with Gasteiger partial charge in [-0.1, -0.05) is 49.2 Å². The lowest BCUT2D eigenvalue weighted by molar-refractivity contribution is -0.123. The van der Waals surface area contributed by atoms with Gasteiger partial charge in [-0.05, 0) is 36.6 Å². The molecule has 7 heteroatoms. The van der Waals surface area contributed by atoms with Gasteiger partial charge in [-0.2, -0.15) is 0 Å². The second-order valence-electron chi connectivity index (χ2n) is 5.80. The number of halogens is 2. The molecule has 0 unspecified atom stereocenters. The Balaban J connectivity index is 1.99. The minimum Gasteiger partial charge on any atom is -0.449 e. The molecule has 5 nitrogen and oxygen atoms in total. The van der Waals surface area contributed by atoms with Crippen LogP contribution in [0.2, 0.25) is 10.0 Å². The van der Waals surface area contributed by atoms with Crippen molar-refractivity contribution in [1.29, 1.82) is 0 Å². The number of ether oxygens (including phenoxy) is 1. The summed E-state index contributed by atoms with van der Waals surface area (Å²) in [6.07, 6.45) is 0.349. The first kappa shape index (κ1) is 19.2. The van der Waals surface area contributed by atoms with E-state index in [1.807, 2.05) is 12.1 Å². The first-order valence-corrected chi connectivity index (χ1v) is 8.46. The fourth-order valence-corrected chi connectivity index (χ4v) is 2.44. The molecule has 1 aromatic heterocycles. The number of carbonyl (C=O) groups excluding carboxylic acids is 2. The molecule has 1 N–H and O–H groups in total. The van der Waals surface area contributed by atoms with E-state index in [9.17, 15) is 9.59 Å². The summed E-state index contributed by atoms with van der Waals surface area (Å²) in [5.41, 5.74) is 1.50. The summed E-state index contributed by atoms with van der Waals surface area (Å²) < 4.78 is 5.19. The zero-order valence-electron chi connectivity index (χ0n) is 14.0. The molecule has 0 spiro atoms. The second-order valence-corrected chi connectivity index (χ2v) is 6.64. The average molecular weight is 381 g/mol. The average Bonchev–Trinajstić information content (AvgIpc) is 2.57. The number of pyridine rings is 1. The maximum atomic E-state index is 12.1. The van der Waals surface area contributed by atoms with Gasteiger partial charge in [-0.25, -0.2) is 9.78 Å². The molecule has 2 aromatic rings. The topological polar surface area (TPSA) is 68.3 Å². The molecule has 1 atom stereocenters. The van der Waals surface area contributed by atoms with Crippen molar-refractivity contribution in [1.82, 2.24) is 4.98 Å². The highest BCUT2D eigenvalue weighted by atomic mass is 35.5. The van der Waals surface area contributed by atoms with Crippen LogP contribution in [0.5, 0.6) is 0 Å². The van der Waals surface area contributed by atoms with Gasteiger partial charge in [0.25, 0.3) is 5.91 Å². The highest BCUT2D eigenvalue weighted by Crippen LogP contribution is 2.23. The minimum absolute atomic E-state index is 0.153. The zero-order chi connectivity index (χ0) is 18.6. The third kappa shape index (κ3) is 5.18. The summed E-state index contributed by atoms with van der Waals surface area (Å²) in [5.74, 6) is -0.594. The van der Waals surface area contributed by atoms with Gasteiger partial charge in [0.1, 0.15) is 0 Å². The molecule has 0 radical (unpaired) electrons. The number of nitrogens with zero attached hydrogens (tertiary/aromatic N) is 1. The molecule has 0 fully saturated rings. The smallest absolute Gasteiger partial charge is 0.338 e. The number of hydrogen-bond acceptors (Lipinski definition) is 4. The molecule has 2 rings (SSSR count). The quantitative estimate of drug-likeness (QED) is 0.763. The van der Waals surface area contributed by atoms with Crippen LogP contribution < -0.4 is 5.32 Å². The van der Waals surface area contributed by atoms with E-state index < -0.39 is 18.0 Å². The molecule has 0 aliphatic carbocycles. The maximum Gasteiger partial charge on any atom is 0.338 e.